The first kappa shape index (κ1) is 32.7. The van der Waals surface area contributed by atoms with E-state index in [1.165, 1.54) is 6.92 Å². The number of rotatable bonds is 12. The first-order valence-electron chi connectivity index (χ1n) is 13.2. The number of ether oxygens (including phenoxy) is 1. The number of aliphatic imine (C=N–C) groups is 1. The van der Waals surface area contributed by atoms with Gasteiger partial charge in [0.15, 0.2) is 0 Å². The highest BCUT2D eigenvalue weighted by Gasteiger charge is 2.26. The minimum Gasteiger partial charge on any atom is -0.487 e. The average molecular weight is 568 g/mol. The second-order valence-corrected chi connectivity index (χ2v) is 10.6. The molecule has 1 aliphatic heterocycles. The van der Waals surface area contributed by atoms with E-state index in [9.17, 15) is 8.78 Å². The zero-order valence-corrected chi connectivity index (χ0v) is 25.4. The third kappa shape index (κ3) is 8.01. The Balaban J connectivity index is 2.41. The van der Waals surface area contributed by atoms with Crippen LogP contribution in [0.3, 0.4) is 0 Å². The summed E-state index contributed by atoms with van der Waals surface area (Å²) in [6.07, 6.45) is 11.3. The van der Waals surface area contributed by atoms with Gasteiger partial charge in [-0.1, -0.05) is 70.7 Å². The maximum absolute atomic E-state index is 14.2. The van der Waals surface area contributed by atoms with Gasteiger partial charge < -0.3 is 9.64 Å². The van der Waals surface area contributed by atoms with Gasteiger partial charge in [-0.2, -0.15) is 0 Å². The molecule has 40 heavy (non-hydrogen) atoms. The maximum Gasteiger partial charge on any atom is 0.142 e. The van der Waals surface area contributed by atoms with E-state index >= 15 is 0 Å². The van der Waals surface area contributed by atoms with Gasteiger partial charge in [0.25, 0.3) is 0 Å². The van der Waals surface area contributed by atoms with E-state index in [-0.39, 0.29) is 22.6 Å². The summed E-state index contributed by atoms with van der Waals surface area (Å²) in [7, 11) is 0. The summed E-state index contributed by atoms with van der Waals surface area (Å²) in [5.41, 5.74) is 5.02. The quantitative estimate of drug-likeness (QED) is 0.186. The summed E-state index contributed by atoms with van der Waals surface area (Å²) in [6.45, 7) is 25.6. The van der Waals surface area contributed by atoms with Crippen LogP contribution in [0.2, 0.25) is 0 Å². The molecular weight excluding hydrogens is 528 g/mol. The van der Waals surface area contributed by atoms with Crippen molar-refractivity contribution in [2.45, 2.75) is 61.3 Å². The molecule has 0 amide bonds. The van der Waals surface area contributed by atoms with Crippen LogP contribution in [0, 0.1) is 12.3 Å². The number of anilines is 1. The van der Waals surface area contributed by atoms with Crippen LogP contribution < -0.4 is 4.90 Å². The lowest BCUT2D eigenvalue weighted by Gasteiger charge is -2.32. The van der Waals surface area contributed by atoms with Gasteiger partial charge in [-0.3, -0.25) is 9.98 Å². The Morgan fingerprint density at radius 1 is 1.23 bits per heavy atom. The van der Waals surface area contributed by atoms with Gasteiger partial charge in [-0.05, 0) is 51.8 Å². The van der Waals surface area contributed by atoms with Crippen molar-refractivity contribution >= 4 is 23.0 Å². The van der Waals surface area contributed by atoms with Crippen molar-refractivity contribution in [1.29, 1.82) is 0 Å². The van der Waals surface area contributed by atoms with E-state index in [1.54, 1.807) is 12.3 Å². The first-order chi connectivity index (χ1) is 18.8. The van der Waals surface area contributed by atoms with Crippen molar-refractivity contribution < 1.29 is 13.5 Å². The highest BCUT2D eigenvalue weighted by Crippen LogP contribution is 2.38. The molecule has 1 aliphatic rings. The molecule has 1 aromatic rings. The van der Waals surface area contributed by atoms with Crippen LogP contribution in [0.15, 0.2) is 112 Å². The monoisotopic (exact) mass is 567 g/mol. The van der Waals surface area contributed by atoms with Crippen LogP contribution in [-0.4, -0.2) is 17.3 Å². The molecule has 4 nitrogen and oxygen atoms in total. The molecule has 2 rings (SSSR count). The minimum atomic E-state index is -0.802. The molecule has 0 aromatic carbocycles. The molecule has 7 heteroatoms. The molecule has 0 spiro atoms. The van der Waals surface area contributed by atoms with Gasteiger partial charge in [0.2, 0.25) is 0 Å². The van der Waals surface area contributed by atoms with Crippen LogP contribution in [0.4, 0.5) is 14.5 Å². The van der Waals surface area contributed by atoms with E-state index in [0.29, 0.717) is 22.9 Å². The molecule has 0 unspecified atom stereocenters. The Bertz CT molecular complexity index is 1360. The van der Waals surface area contributed by atoms with Crippen molar-refractivity contribution in [1.82, 2.24) is 4.98 Å². The Kier molecular flexibility index (Phi) is 11.6. The molecule has 1 aromatic heterocycles. The molecule has 0 fully saturated rings. The lowest BCUT2D eigenvalue weighted by atomic mass is 9.85. The predicted molar refractivity (Wildman–Crippen MR) is 166 cm³/mol. The number of nitrogens with zero attached hydrogens (tertiary/aromatic N) is 3. The van der Waals surface area contributed by atoms with Crippen molar-refractivity contribution in [3.05, 3.63) is 119 Å². The highest BCUT2D eigenvalue weighted by atomic mass is 35.5. The number of pyridine rings is 1. The maximum atomic E-state index is 14.2. The fraction of sp³-hybridized carbons (Fsp3) is 0.333. The number of aryl methyl sites for hydroxylation is 1. The summed E-state index contributed by atoms with van der Waals surface area (Å²) in [6, 6.07) is 1.95. The normalized spacial score (nSPS) is 15.7. The predicted octanol–water partition coefficient (Wildman–Crippen LogP) is 10.1. The van der Waals surface area contributed by atoms with Crippen molar-refractivity contribution in [2.75, 3.05) is 11.5 Å². The molecule has 2 heterocycles. The van der Waals surface area contributed by atoms with Crippen LogP contribution in [0.25, 0.3) is 0 Å². The number of allylic oxidation sites excluding steroid dienone is 9. The molecular formula is C33H40ClF2N3O. The van der Waals surface area contributed by atoms with Crippen molar-refractivity contribution in [2.24, 2.45) is 10.4 Å². The van der Waals surface area contributed by atoms with Gasteiger partial charge in [0, 0.05) is 40.7 Å². The Morgan fingerprint density at radius 2 is 1.90 bits per heavy atom. The molecule has 0 saturated carbocycles. The molecule has 0 saturated heterocycles. The molecule has 0 radical (unpaired) electrons. The molecule has 0 bridgehead atoms. The average Bonchev–Trinajstić information content (AvgIpc) is 2.90. The smallest absolute Gasteiger partial charge is 0.142 e. The summed E-state index contributed by atoms with van der Waals surface area (Å²) in [5.74, 6) is -1.18. The minimum absolute atomic E-state index is 0.0119. The summed E-state index contributed by atoms with van der Waals surface area (Å²) < 4.78 is 33.3. The van der Waals surface area contributed by atoms with E-state index in [2.05, 4.69) is 45.5 Å². The third-order valence-corrected chi connectivity index (χ3v) is 6.93. The van der Waals surface area contributed by atoms with Crippen LogP contribution in [-0.2, 0) is 4.74 Å². The van der Waals surface area contributed by atoms with Crippen molar-refractivity contribution in [3.63, 3.8) is 0 Å². The lowest BCUT2D eigenvalue weighted by Crippen LogP contribution is -2.25. The zero-order chi connectivity index (χ0) is 30.2. The number of halogens is 3. The largest absolute Gasteiger partial charge is 0.487 e. The van der Waals surface area contributed by atoms with Crippen LogP contribution in [0.5, 0.6) is 0 Å². The topological polar surface area (TPSA) is 37.7 Å². The first-order valence-corrected chi connectivity index (χ1v) is 13.6. The number of hydrogen-bond donors (Lipinski definition) is 0. The summed E-state index contributed by atoms with van der Waals surface area (Å²) >= 11 is 6.67. The second kappa shape index (κ2) is 14.2. The van der Waals surface area contributed by atoms with E-state index in [0.717, 1.165) is 47.6 Å². The van der Waals surface area contributed by atoms with Gasteiger partial charge in [0.1, 0.15) is 29.1 Å². The molecule has 214 valence electrons. The standard InChI is InChI=1S/C33H40ClF2N3O/c1-11-14-28(38-25(8)33(9,10)15-12-2)29-18-30(21(4)19-37-29)39-23(6)16-31(32(34)24(39)7)40-20-22(5)27(36)17-26(35)13-3/h11,13-14,16-19H,5,7-8,12,15,20H2,1-4,6,9-10H3/b14-11-,26-13+,27-17+,38-28?. The fourth-order valence-corrected chi connectivity index (χ4v) is 4.24. The van der Waals surface area contributed by atoms with Crippen molar-refractivity contribution in [3.8, 4) is 0 Å². The van der Waals surface area contributed by atoms with Gasteiger partial charge in [0.05, 0.1) is 22.8 Å². The molecule has 0 atom stereocenters. The van der Waals surface area contributed by atoms with Gasteiger partial charge in [-0.15, -0.1) is 0 Å². The summed E-state index contributed by atoms with van der Waals surface area (Å²) in [5, 5.41) is 0.261. The Morgan fingerprint density at radius 3 is 2.50 bits per heavy atom. The number of hydrogen-bond acceptors (Lipinski definition) is 4. The highest BCUT2D eigenvalue weighted by molar-refractivity contribution is 6.33. The van der Waals surface area contributed by atoms with Gasteiger partial charge >= 0.3 is 0 Å². The lowest BCUT2D eigenvalue weighted by molar-refractivity contribution is 0.249. The van der Waals surface area contributed by atoms with E-state index < -0.39 is 11.7 Å². The van der Waals surface area contributed by atoms with E-state index in [1.807, 2.05) is 43.9 Å². The Labute approximate surface area is 243 Å². The molecule has 0 N–H and O–H groups in total. The molecule has 0 aliphatic carbocycles. The summed E-state index contributed by atoms with van der Waals surface area (Å²) in [4.78, 5) is 11.4. The van der Waals surface area contributed by atoms with Crippen LogP contribution in [0.1, 0.15) is 65.6 Å². The fourth-order valence-electron chi connectivity index (χ4n) is 4.05. The number of aromatic nitrogens is 1. The van der Waals surface area contributed by atoms with E-state index in [4.69, 9.17) is 21.3 Å². The second-order valence-electron chi connectivity index (χ2n) is 10.2. The van der Waals surface area contributed by atoms with Gasteiger partial charge in [-0.25, -0.2) is 8.78 Å². The Hall–Kier alpha value is -3.51. The third-order valence-electron chi connectivity index (χ3n) is 6.53. The SMILES string of the molecule is C=C(COC1=C(Cl)C(=C)N(c2cc(C(/C=C\C)=NC(=C)C(C)(C)CCC)ncc2C)C(C)=C1)/C(F)=C\C(F)=C/C. The van der Waals surface area contributed by atoms with Crippen LogP contribution >= 0.6 is 11.6 Å². The zero-order valence-electron chi connectivity index (χ0n) is 24.7.